The van der Waals surface area contributed by atoms with Gasteiger partial charge in [-0.1, -0.05) is 11.6 Å². The molecule has 0 aromatic heterocycles. The van der Waals surface area contributed by atoms with Crippen LogP contribution in [-0.4, -0.2) is 33.5 Å². The molecule has 0 saturated heterocycles. The average Bonchev–Trinajstić information content (AvgIpc) is 2.36. The van der Waals surface area contributed by atoms with Crippen molar-refractivity contribution in [3.8, 4) is 0 Å². The van der Waals surface area contributed by atoms with Gasteiger partial charge in [0.1, 0.15) is 0 Å². The quantitative estimate of drug-likeness (QED) is 0.740. The van der Waals surface area contributed by atoms with Gasteiger partial charge in [-0.05, 0) is 24.6 Å². The van der Waals surface area contributed by atoms with Crippen molar-refractivity contribution < 1.29 is 22.6 Å². The summed E-state index contributed by atoms with van der Waals surface area (Å²) in [6.45, 7) is 2.05. The Hall–Kier alpha value is -0.980. The highest BCUT2D eigenvalue weighted by atomic mass is 35.5. The lowest BCUT2D eigenvalue weighted by Gasteiger charge is -2.11. The molecular formula is C13H17ClF3NO2. The van der Waals surface area contributed by atoms with Crippen LogP contribution in [0.4, 0.5) is 18.9 Å². The smallest absolute Gasteiger partial charge is 0.385 e. The Morgan fingerprint density at radius 1 is 1.15 bits per heavy atom. The van der Waals surface area contributed by atoms with Crippen LogP contribution >= 0.6 is 11.6 Å². The van der Waals surface area contributed by atoms with E-state index in [1.807, 2.05) is 0 Å². The summed E-state index contributed by atoms with van der Waals surface area (Å²) in [7, 11) is 1.59. The zero-order valence-electron chi connectivity index (χ0n) is 11.1. The van der Waals surface area contributed by atoms with Gasteiger partial charge in [0.15, 0.2) is 0 Å². The van der Waals surface area contributed by atoms with Crippen LogP contribution in [0.3, 0.4) is 0 Å². The number of rotatable bonds is 8. The van der Waals surface area contributed by atoms with Crippen LogP contribution in [0.25, 0.3) is 0 Å². The summed E-state index contributed by atoms with van der Waals surface area (Å²) in [5.41, 5.74) is -0.412. The van der Waals surface area contributed by atoms with Crippen molar-refractivity contribution in [1.29, 1.82) is 0 Å². The first kappa shape index (κ1) is 17.1. The zero-order valence-corrected chi connectivity index (χ0v) is 11.9. The summed E-state index contributed by atoms with van der Waals surface area (Å²) < 4.78 is 47.8. The van der Waals surface area contributed by atoms with Gasteiger partial charge in [0.25, 0.3) is 0 Å². The first-order valence-corrected chi connectivity index (χ1v) is 6.49. The number of benzene rings is 1. The number of nitrogens with one attached hydrogen (secondary N) is 1. The molecule has 0 amide bonds. The van der Waals surface area contributed by atoms with Crippen LogP contribution in [0.2, 0.25) is 5.02 Å². The zero-order chi connectivity index (χ0) is 15.0. The third kappa shape index (κ3) is 6.45. The highest BCUT2D eigenvalue weighted by Gasteiger charge is 2.31. The van der Waals surface area contributed by atoms with Crippen molar-refractivity contribution in [2.24, 2.45) is 0 Å². The molecule has 7 heteroatoms. The molecule has 0 aliphatic rings. The first-order valence-electron chi connectivity index (χ1n) is 6.12. The topological polar surface area (TPSA) is 30.5 Å². The van der Waals surface area contributed by atoms with Crippen molar-refractivity contribution in [3.05, 3.63) is 28.8 Å². The molecule has 0 unspecified atom stereocenters. The monoisotopic (exact) mass is 311 g/mol. The standard InChI is InChI=1S/C13H17ClF3NO2/c1-19-5-6-20-4-2-3-18-12-8-10(13(15,16)17)7-11(14)9-12/h7-9,18H,2-6H2,1H3. The first-order chi connectivity index (χ1) is 9.43. The minimum atomic E-state index is -4.40. The highest BCUT2D eigenvalue weighted by molar-refractivity contribution is 6.30. The van der Waals surface area contributed by atoms with E-state index in [1.165, 1.54) is 6.07 Å². The second-order valence-electron chi connectivity index (χ2n) is 4.11. The van der Waals surface area contributed by atoms with E-state index >= 15 is 0 Å². The lowest BCUT2D eigenvalue weighted by molar-refractivity contribution is -0.137. The maximum Gasteiger partial charge on any atom is 0.416 e. The van der Waals surface area contributed by atoms with Gasteiger partial charge in [0.05, 0.1) is 18.8 Å². The van der Waals surface area contributed by atoms with Crippen LogP contribution in [-0.2, 0) is 15.7 Å². The normalized spacial score (nSPS) is 11.7. The van der Waals surface area contributed by atoms with E-state index in [9.17, 15) is 13.2 Å². The predicted octanol–water partition coefficient (Wildman–Crippen LogP) is 3.82. The SMILES string of the molecule is COCCOCCCNc1cc(Cl)cc(C(F)(F)F)c1. The van der Waals surface area contributed by atoms with Crippen LogP contribution in [0.1, 0.15) is 12.0 Å². The maximum absolute atomic E-state index is 12.6. The molecule has 3 nitrogen and oxygen atoms in total. The summed E-state index contributed by atoms with van der Waals surface area (Å²) in [4.78, 5) is 0. The molecule has 1 rings (SSSR count). The molecule has 0 aliphatic carbocycles. The van der Waals surface area contributed by atoms with Gasteiger partial charge in [-0.15, -0.1) is 0 Å². The maximum atomic E-state index is 12.6. The van der Waals surface area contributed by atoms with Crippen LogP contribution < -0.4 is 5.32 Å². The molecule has 0 saturated carbocycles. The molecule has 0 aliphatic heterocycles. The van der Waals surface area contributed by atoms with Gasteiger partial charge in [-0.2, -0.15) is 13.2 Å². The fraction of sp³-hybridized carbons (Fsp3) is 0.538. The second-order valence-corrected chi connectivity index (χ2v) is 4.55. The molecule has 1 aromatic carbocycles. The van der Waals surface area contributed by atoms with Crippen LogP contribution in [0.5, 0.6) is 0 Å². The van der Waals surface area contributed by atoms with Gasteiger partial charge < -0.3 is 14.8 Å². The van der Waals surface area contributed by atoms with Crippen molar-refractivity contribution in [2.45, 2.75) is 12.6 Å². The van der Waals surface area contributed by atoms with E-state index in [0.29, 0.717) is 38.5 Å². The van der Waals surface area contributed by atoms with Crippen molar-refractivity contribution in [3.63, 3.8) is 0 Å². The van der Waals surface area contributed by atoms with E-state index in [1.54, 1.807) is 7.11 Å². The molecule has 0 fully saturated rings. The number of halogens is 4. The predicted molar refractivity (Wildman–Crippen MR) is 72.3 cm³/mol. The minimum absolute atomic E-state index is 0.0543. The number of alkyl halides is 3. The van der Waals surface area contributed by atoms with Crippen molar-refractivity contribution in [2.75, 3.05) is 38.8 Å². The molecule has 0 spiro atoms. The number of anilines is 1. The Labute approximate surface area is 121 Å². The van der Waals surface area contributed by atoms with E-state index in [4.69, 9.17) is 21.1 Å². The third-order valence-corrected chi connectivity index (χ3v) is 2.67. The van der Waals surface area contributed by atoms with Gasteiger partial charge >= 0.3 is 6.18 Å². The van der Waals surface area contributed by atoms with Gasteiger partial charge in [-0.25, -0.2) is 0 Å². The number of hydrogen-bond acceptors (Lipinski definition) is 3. The van der Waals surface area contributed by atoms with Gasteiger partial charge in [-0.3, -0.25) is 0 Å². The number of ether oxygens (including phenoxy) is 2. The number of methoxy groups -OCH3 is 1. The van der Waals surface area contributed by atoms with Crippen molar-refractivity contribution >= 4 is 17.3 Å². The van der Waals surface area contributed by atoms with E-state index < -0.39 is 11.7 Å². The second kappa shape index (κ2) is 8.34. The summed E-state index contributed by atoms with van der Waals surface area (Å²) >= 11 is 5.67. The summed E-state index contributed by atoms with van der Waals surface area (Å²) in [5.74, 6) is 0. The molecule has 0 radical (unpaired) electrons. The molecule has 114 valence electrons. The van der Waals surface area contributed by atoms with Crippen LogP contribution in [0.15, 0.2) is 18.2 Å². The Morgan fingerprint density at radius 3 is 2.55 bits per heavy atom. The number of hydrogen-bond donors (Lipinski definition) is 1. The fourth-order valence-electron chi connectivity index (χ4n) is 1.51. The van der Waals surface area contributed by atoms with Gasteiger partial charge in [0.2, 0.25) is 0 Å². The summed E-state index contributed by atoms with van der Waals surface area (Å²) in [5, 5.41) is 2.95. The summed E-state index contributed by atoms with van der Waals surface area (Å²) in [6.07, 6.45) is -3.72. The Morgan fingerprint density at radius 2 is 1.90 bits per heavy atom. The Balaban J connectivity index is 2.39. The van der Waals surface area contributed by atoms with E-state index in [-0.39, 0.29) is 5.02 Å². The van der Waals surface area contributed by atoms with Crippen LogP contribution in [0, 0.1) is 0 Å². The highest BCUT2D eigenvalue weighted by Crippen LogP contribution is 2.33. The van der Waals surface area contributed by atoms with Crippen molar-refractivity contribution in [1.82, 2.24) is 0 Å². The molecule has 0 atom stereocenters. The fourth-order valence-corrected chi connectivity index (χ4v) is 1.74. The van der Waals surface area contributed by atoms with E-state index in [2.05, 4.69) is 5.32 Å². The Bertz CT molecular complexity index is 413. The lowest BCUT2D eigenvalue weighted by Crippen LogP contribution is -2.10. The Kier molecular flexibility index (Phi) is 7.12. The average molecular weight is 312 g/mol. The lowest BCUT2D eigenvalue weighted by atomic mass is 10.2. The molecule has 1 N–H and O–H groups in total. The molecule has 20 heavy (non-hydrogen) atoms. The molecule has 0 bridgehead atoms. The summed E-state index contributed by atoms with van der Waals surface area (Å²) in [6, 6.07) is 3.40. The molecular weight excluding hydrogens is 295 g/mol. The molecule has 0 heterocycles. The largest absolute Gasteiger partial charge is 0.416 e. The molecule has 1 aromatic rings. The van der Waals surface area contributed by atoms with E-state index in [0.717, 1.165) is 12.1 Å². The van der Waals surface area contributed by atoms with Gasteiger partial charge in [0, 0.05) is 31.0 Å². The third-order valence-electron chi connectivity index (χ3n) is 2.45. The minimum Gasteiger partial charge on any atom is -0.385 e.